The van der Waals surface area contributed by atoms with Crippen LogP contribution in [0.2, 0.25) is 0 Å². The Hall–Kier alpha value is -0.870. The number of aliphatic carboxylic acids is 1. The maximum absolute atomic E-state index is 10.9. The Morgan fingerprint density at radius 3 is 2.75 bits per heavy atom. The van der Waals surface area contributed by atoms with Crippen molar-refractivity contribution in [3.63, 3.8) is 0 Å². The van der Waals surface area contributed by atoms with E-state index in [0.29, 0.717) is 0 Å². The molecule has 0 spiro atoms. The van der Waals surface area contributed by atoms with Gasteiger partial charge in [-0.3, -0.25) is 0 Å². The SMILES string of the molecule is CNC(C)(C(=O)O)c1cccs1. The van der Waals surface area contributed by atoms with Gasteiger partial charge in [-0.05, 0) is 25.4 Å². The van der Waals surface area contributed by atoms with E-state index in [1.807, 2.05) is 17.5 Å². The summed E-state index contributed by atoms with van der Waals surface area (Å²) in [5, 5.41) is 13.6. The van der Waals surface area contributed by atoms with Crippen LogP contribution in [0.1, 0.15) is 11.8 Å². The number of nitrogens with one attached hydrogen (secondary N) is 1. The summed E-state index contributed by atoms with van der Waals surface area (Å²) in [5.41, 5.74) is -0.950. The summed E-state index contributed by atoms with van der Waals surface area (Å²) >= 11 is 1.44. The molecule has 2 N–H and O–H groups in total. The Kier molecular flexibility index (Phi) is 2.49. The second kappa shape index (κ2) is 3.25. The summed E-state index contributed by atoms with van der Waals surface area (Å²) in [5.74, 6) is -0.854. The second-order valence-electron chi connectivity index (χ2n) is 2.66. The zero-order valence-corrected chi connectivity index (χ0v) is 7.81. The third-order valence-corrected chi connectivity index (χ3v) is 3.03. The molecule has 1 heterocycles. The first-order valence-electron chi connectivity index (χ1n) is 3.57. The minimum Gasteiger partial charge on any atom is -0.480 e. The molecule has 0 fully saturated rings. The topological polar surface area (TPSA) is 49.3 Å². The van der Waals surface area contributed by atoms with Gasteiger partial charge in [0.1, 0.15) is 5.54 Å². The fraction of sp³-hybridized carbons (Fsp3) is 0.375. The molecule has 1 rings (SSSR count). The highest BCUT2D eigenvalue weighted by Crippen LogP contribution is 2.24. The van der Waals surface area contributed by atoms with Crippen molar-refractivity contribution in [2.75, 3.05) is 7.05 Å². The summed E-state index contributed by atoms with van der Waals surface area (Å²) in [6.45, 7) is 1.65. The van der Waals surface area contributed by atoms with Gasteiger partial charge in [-0.2, -0.15) is 0 Å². The van der Waals surface area contributed by atoms with Crippen LogP contribution in [0.3, 0.4) is 0 Å². The number of carboxylic acids is 1. The van der Waals surface area contributed by atoms with Gasteiger partial charge < -0.3 is 10.4 Å². The highest BCUT2D eigenvalue weighted by molar-refractivity contribution is 7.10. The number of carboxylic acid groups (broad SMARTS) is 1. The van der Waals surface area contributed by atoms with Crippen molar-refractivity contribution in [1.82, 2.24) is 5.32 Å². The first-order chi connectivity index (χ1) is 5.61. The zero-order chi connectivity index (χ0) is 9.19. The Labute approximate surface area is 75.0 Å². The molecule has 0 saturated heterocycles. The predicted octanol–water partition coefficient (Wildman–Crippen LogP) is 1.27. The normalized spacial score (nSPS) is 15.5. The van der Waals surface area contributed by atoms with E-state index in [2.05, 4.69) is 5.32 Å². The van der Waals surface area contributed by atoms with Crippen LogP contribution in [0.15, 0.2) is 17.5 Å². The molecule has 66 valence electrons. The molecule has 0 radical (unpaired) electrons. The third-order valence-electron chi connectivity index (χ3n) is 1.94. The standard InChI is InChI=1S/C8H11NO2S/c1-8(9-2,7(10)11)6-4-3-5-12-6/h3-5,9H,1-2H3,(H,10,11). The van der Waals surface area contributed by atoms with E-state index in [0.717, 1.165) is 4.88 Å². The van der Waals surface area contributed by atoms with Crippen LogP contribution < -0.4 is 5.32 Å². The molecule has 1 atom stereocenters. The first kappa shape index (κ1) is 9.22. The quantitative estimate of drug-likeness (QED) is 0.745. The lowest BCUT2D eigenvalue weighted by Crippen LogP contribution is -2.43. The van der Waals surface area contributed by atoms with Crippen LogP contribution >= 0.6 is 11.3 Å². The van der Waals surface area contributed by atoms with Crippen LogP contribution in [-0.2, 0) is 10.3 Å². The van der Waals surface area contributed by atoms with E-state index in [1.54, 1.807) is 14.0 Å². The molecular formula is C8H11NO2S. The van der Waals surface area contributed by atoms with Crippen molar-refractivity contribution in [3.8, 4) is 0 Å². The van der Waals surface area contributed by atoms with Gasteiger partial charge in [0.2, 0.25) is 0 Å². The van der Waals surface area contributed by atoms with Gasteiger partial charge in [-0.25, -0.2) is 4.79 Å². The Morgan fingerprint density at radius 1 is 1.75 bits per heavy atom. The number of rotatable bonds is 3. The molecule has 0 aromatic carbocycles. The number of hydrogen-bond acceptors (Lipinski definition) is 3. The zero-order valence-electron chi connectivity index (χ0n) is 7.00. The van der Waals surface area contributed by atoms with Crippen LogP contribution in [-0.4, -0.2) is 18.1 Å². The Balaban J connectivity index is 3.04. The van der Waals surface area contributed by atoms with Gasteiger partial charge in [0.05, 0.1) is 0 Å². The van der Waals surface area contributed by atoms with E-state index < -0.39 is 11.5 Å². The average Bonchev–Trinajstić information content (AvgIpc) is 2.54. The van der Waals surface area contributed by atoms with Gasteiger partial charge in [0.25, 0.3) is 0 Å². The third kappa shape index (κ3) is 1.35. The summed E-state index contributed by atoms with van der Waals surface area (Å²) in [6, 6.07) is 3.66. The van der Waals surface area contributed by atoms with E-state index >= 15 is 0 Å². The van der Waals surface area contributed by atoms with Crippen LogP contribution in [0.25, 0.3) is 0 Å². The molecule has 0 amide bonds. The van der Waals surface area contributed by atoms with Crippen molar-refractivity contribution in [2.45, 2.75) is 12.5 Å². The molecule has 1 aromatic heterocycles. The molecular weight excluding hydrogens is 174 g/mol. The van der Waals surface area contributed by atoms with Crippen LogP contribution in [0, 0.1) is 0 Å². The van der Waals surface area contributed by atoms with Crippen molar-refractivity contribution in [3.05, 3.63) is 22.4 Å². The molecule has 1 unspecified atom stereocenters. The molecule has 0 aliphatic heterocycles. The van der Waals surface area contributed by atoms with E-state index in [9.17, 15) is 4.79 Å². The van der Waals surface area contributed by atoms with Crippen LogP contribution in [0.4, 0.5) is 0 Å². The summed E-state index contributed by atoms with van der Waals surface area (Å²) in [6.07, 6.45) is 0. The second-order valence-corrected chi connectivity index (χ2v) is 3.61. The summed E-state index contributed by atoms with van der Waals surface area (Å²) in [7, 11) is 1.65. The number of carbonyl (C=O) groups is 1. The lowest BCUT2D eigenvalue weighted by molar-refractivity contribution is -0.144. The Morgan fingerprint density at radius 2 is 2.42 bits per heavy atom. The minimum atomic E-state index is -0.950. The highest BCUT2D eigenvalue weighted by Gasteiger charge is 2.33. The molecule has 0 aliphatic rings. The minimum absolute atomic E-state index is 0.817. The van der Waals surface area contributed by atoms with Gasteiger partial charge in [-0.1, -0.05) is 6.07 Å². The van der Waals surface area contributed by atoms with Crippen molar-refractivity contribution in [2.24, 2.45) is 0 Å². The van der Waals surface area contributed by atoms with Crippen molar-refractivity contribution in [1.29, 1.82) is 0 Å². The van der Waals surface area contributed by atoms with Crippen molar-refractivity contribution < 1.29 is 9.90 Å². The summed E-state index contributed by atoms with van der Waals surface area (Å²) in [4.78, 5) is 11.7. The average molecular weight is 185 g/mol. The van der Waals surface area contributed by atoms with Gasteiger partial charge in [0, 0.05) is 4.88 Å². The molecule has 12 heavy (non-hydrogen) atoms. The van der Waals surface area contributed by atoms with Gasteiger partial charge >= 0.3 is 5.97 Å². The molecule has 4 heteroatoms. The fourth-order valence-corrected chi connectivity index (χ4v) is 1.78. The molecule has 0 aliphatic carbocycles. The predicted molar refractivity (Wildman–Crippen MR) is 48.4 cm³/mol. The van der Waals surface area contributed by atoms with E-state index in [1.165, 1.54) is 11.3 Å². The van der Waals surface area contributed by atoms with Gasteiger partial charge in [-0.15, -0.1) is 11.3 Å². The molecule has 1 aromatic rings. The van der Waals surface area contributed by atoms with Gasteiger partial charge in [0.15, 0.2) is 0 Å². The Bertz CT molecular complexity index is 271. The number of hydrogen-bond donors (Lipinski definition) is 2. The lowest BCUT2D eigenvalue weighted by atomic mass is 10.0. The van der Waals surface area contributed by atoms with Crippen LogP contribution in [0.5, 0.6) is 0 Å². The fourth-order valence-electron chi connectivity index (χ4n) is 0.899. The maximum Gasteiger partial charge on any atom is 0.329 e. The molecule has 0 saturated carbocycles. The van der Waals surface area contributed by atoms with E-state index in [-0.39, 0.29) is 0 Å². The highest BCUT2D eigenvalue weighted by atomic mass is 32.1. The number of likely N-dealkylation sites (N-methyl/N-ethyl adjacent to an activating group) is 1. The first-order valence-corrected chi connectivity index (χ1v) is 4.45. The lowest BCUT2D eigenvalue weighted by Gasteiger charge is -2.22. The monoisotopic (exact) mass is 185 g/mol. The van der Waals surface area contributed by atoms with Crippen molar-refractivity contribution >= 4 is 17.3 Å². The molecule has 0 bridgehead atoms. The van der Waals surface area contributed by atoms with E-state index in [4.69, 9.17) is 5.11 Å². The largest absolute Gasteiger partial charge is 0.480 e. The maximum atomic E-state index is 10.9. The molecule has 3 nitrogen and oxygen atoms in total. The number of thiophene rings is 1. The smallest absolute Gasteiger partial charge is 0.329 e. The summed E-state index contributed by atoms with van der Waals surface area (Å²) < 4.78 is 0.